The Hall–Kier alpha value is -5.49. The minimum Gasteiger partial charge on any atom is -0.543 e. The molecule has 0 saturated carbocycles. The summed E-state index contributed by atoms with van der Waals surface area (Å²) in [6.45, 7) is 0. The number of nitrogens with zero attached hydrogens (tertiary/aromatic N) is 4. The summed E-state index contributed by atoms with van der Waals surface area (Å²) in [4.78, 5) is 56.3. The number of hydrogen-bond acceptors (Lipinski definition) is 10. The van der Waals surface area contributed by atoms with E-state index in [1.807, 2.05) is 12.1 Å². The molecule has 0 fully saturated rings. The van der Waals surface area contributed by atoms with E-state index in [9.17, 15) is 29.4 Å². The average molecular weight is 662 g/mol. The van der Waals surface area contributed by atoms with Crippen LogP contribution in [0.15, 0.2) is 85.2 Å². The van der Waals surface area contributed by atoms with E-state index in [-0.39, 0.29) is 55.3 Å². The average Bonchev–Trinajstić information content (AvgIpc) is 2.93. The molecule has 0 saturated heterocycles. The Balaban J connectivity index is -0.000000257. The number of hydrogen-bond donors (Lipinski definition) is 2. The number of benzene rings is 1. The molecule has 0 spiro atoms. The fourth-order valence-electron chi connectivity index (χ4n) is 3.01. The summed E-state index contributed by atoms with van der Waals surface area (Å²) >= 11 is 0. The summed E-state index contributed by atoms with van der Waals surface area (Å²) in [5, 5.41) is 39.5. The van der Waals surface area contributed by atoms with Gasteiger partial charge in [-0.1, -0.05) is 36.4 Å². The van der Waals surface area contributed by atoms with E-state index in [4.69, 9.17) is 10.2 Å². The zero-order valence-electron chi connectivity index (χ0n) is 22.1. The maximum atomic E-state index is 10.3. The van der Waals surface area contributed by atoms with Crippen LogP contribution in [0.2, 0.25) is 0 Å². The van der Waals surface area contributed by atoms with Crippen molar-refractivity contribution < 1.29 is 83.5 Å². The Morgan fingerprint density at radius 1 is 0.523 bits per heavy atom. The van der Waals surface area contributed by atoms with Crippen molar-refractivity contribution in [3.63, 3.8) is 0 Å². The zero-order chi connectivity index (χ0) is 27.7. The van der Waals surface area contributed by atoms with Crippen molar-refractivity contribution in [3.8, 4) is 0 Å². The van der Waals surface area contributed by atoms with Crippen molar-refractivity contribution in [2.24, 2.45) is 0 Å². The Kier molecular flexibility index (Phi) is 22.0. The molecule has 17 nitrogen and oxygen atoms in total. The molecule has 44 heavy (non-hydrogen) atoms. The summed E-state index contributed by atoms with van der Waals surface area (Å²) in [5.74, 6) is -5.51. The van der Waals surface area contributed by atoms with Crippen LogP contribution in [0, 0.1) is 0 Å². The van der Waals surface area contributed by atoms with E-state index in [1.165, 1.54) is 24.3 Å². The molecule has 0 bridgehead atoms. The monoisotopic (exact) mass is 661 g/mol. The van der Waals surface area contributed by atoms with E-state index in [0.717, 1.165) is 33.9 Å². The Morgan fingerprint density at radius 3 is 1.16 bits per heavy atom. The molecule has 18 heteroatoms. The molecule has 4 aromatic heterocycles. The molecule has 5 rings (SSSR count). The van der Waals surface area contributed by atoms with Crippen LogP contribution in [-0.4, -0.2) is 75.9 Å². The van der Waals surface area contributed by atoms with Crippen LogP contribution in [0.25, 0.3) is 21.8 Å². The van der Waals surface area contributed by atoms with Crippen LogP contribution in [0.5, 0.6) is 0 Å². The summed E-state index contributed by atoms with van der Waals surface area (Å²) in [6.07, 6.45) is 3.60. The molecule has 4 heterocycles. The minimum absolute atomic E-state index is 0. The first-order valence-electron chi connectivity index (χ1n) is 10.6. The second-order valence-electron chi connectivity index (χ2n) is 7.22. The van der Waals surface area contributed by atoms with Gasteiger partial charge in [0.2, 0.25) is 0 Å². The van der Waals surface area contributed by atoms with Gasteiger partial charge < -0.3 is 57.4 Å². The third-order valence-corrected chi connectivity index (χ3v) is 4.70. The molecule has 5 aromatic rings. The molecule has 0 aliphatic heterocycles. The van der Waals surface area contributed by atoms with Gasteiger partial charge in [0.25, 0.3) is 0 Å². The van der Waals surface area contributed by atoms with Gasteiger partial charge in [0.05, 0.1) is 34.4 Å². The molecule has 0 aliphatic carbocycles. The van der Waals surface area contributed by atoms with E-state index in [2.05, 4.69) is 44.2 Å². The van der Waals surface area contributed by atoms with Gasteiger partial charge in [-0.3, -0.25) is 9.97 Å². The topological polar surface area (TPSA) is 365 Å². The molecule has 0 radical (unpaired) electrons. The van der Waals surface area contributed by atoms with Crippen molar-refractivity contribution in [2.45, 2.75) is 0 Å². The van der Waals surface area contributed by atoms with E-state index < -0.39 is 35.3 Å². The Bertz CT molecular complexity index is 1490. The van der Waals surface area contributed by atoms with Crippen LogP contribution in [0.3, 0.4) is 0 Å². The molecular formula is C26H27N4NiO13+. The van der Waals surface area contributed by atoms with Gasteiger partial charge in [-0.05, 0) is 36.4 Å². The summed E-state index contributed by atoms with van der Waals surface area (Å²) in [7, 11) is 0. The molecule has 1 aromatic carbocycles. The standard InChI is InChI=1S/C12H8N2.2C7H5NO4.Ni.5H2O/c1-3-9-5-6-10-4-2-8-14-12(10)11(9)13-7-1;2*9-6(10)4-2-1-3-5(8-4)7(11)12;;;;;;/h1-8H;2*1-3H,(H,9,10)(H,11,12);;5*1H2/q;;;+2;;;;;/p-1. The smallest absolute Gasteiger partial charge is 0.543 e. The quantitative estimate of drug-likeness (QED) is 0.109. The molecule has 13 N–H and O–H groups in total. The molecule has 238 valence electrons. The number of carboxylic acids is 4. The number of carboxylic acid groups (broad SMARTS) is 4. The van der Waals surface area contributed by atoms with Gasteiger partial charge in [0.1, 0.15) is 11.4 Å². The molecule has 0 aliphatic rings. The van der Waals surface area contributed by atoms with Crippen LogP contribution < -0.4 is 10.2 Å². The van der Waals surface area contributed by atoms with E-state index in [1.54, 1.807) is 12.4 Å². The maximum absolute atomic E-state index is 10.3. The normalized spacial score (nSPS) is 8.55. The molecule has 0 unspecified atom stereocenters. The largest absolute Gasteiger partial charge is 2.00 e. The number of rotatable bonds is 4. The van der Waals surface area contributed by atoms with Crippen LogP contribution in [0.1, 0.15) is 42.0 Å². The van der Waals surface area contributed by atoms with Crippen molar-refractivity contribution in [1.29, 1.82) is 0 Å². The van der Waals surface area contributed by atoms with Crippen LogP contribution >= 0.6 is 0 Å². The summed E-state index contributed by atoms with van der Waals surface area (Å²) < 4.78 is 0. The van der Waals surface area contributed by atoms with Crippen molar-refractivity contribution in [2.75, 3.05) is 0 Å². The third-order valence-electron chi connectivity index (χ3n) is 4.70. The second-order valence-corrected chi connectivity index (χ2v) is 7.22. The molecule has 0 amide bonds. The fraction of sp³-hybridized carbons (Fsp3) is 0. The van der Waals surface area contributed by atoms with Crippen LogP contribution in [-0.2, 0) is 22.0 Å². The molecular weight excluding hydrogens is 635 g/mol. The second kappa shape index (κ2) is 21.3. The van der Waals surface area contributed by atoms with E-state index >= 15 is 0 Å². The van der Waals surface area contributed by atoms with Gasteiger partial charge >= 0.3 is 28.4 Å². The van der Waals surface area contributed by atoms with Gasteiger partial charge in [-0.25, -0.2) is 19.6 Å². The number of aromatic carboxylic acids is 4. The Labute approximate surface area is 257 Å². The number of pyridine rings is 4. The summed E-state index contributed by atoms with van der Waals surface area (Å²) in [6, 6.07) is 19.5. The number of carbonyl (C=O) groups is 4. The maximum Gasteiger partial charge on any atom is 2.00 e. The molecule has 0 atom stereocenters. The SMILES string of the molecule is O.O.O.O.O=C(O)c1cccc(C(=O)O)n1.O=C([O-])c1cccc(C(=O)[O-])n1.[Ni+2].[OH3+].c1cnc2c(c1)ccc1cccnc12. The van der Waals surface area contributed by atoms with Gasteiger partial charge in [0, 0.05) is 23.2 Å². The third kappa shape index (κ3) is 12.2. The number of fused-ring (bicyclic) bond motifs is 3. The fourth-order valence-corrected chi connectivity index (χ4v) is 3.01. The van der Waals surface area contributed by atoms with Crippen molar-refractivity contribution >= 4 is 45.7 Å². The first kappa shape index (κ1) is 45.5. The Morgan fingerprint density at radius 2 is 0.841 bits per heavy atom. The predicted octanol–water partition coefficient (Wildman–Crippen LogP) is -3.15. The predicted molar refractivity (Wildman–Crippen MR) is 147 cm³/mol. The van der Waals surface area contributed by atoms with Crippen LogP contribution in [0.4, 0.5) is 0 Å². The number of aromatic nitrogens is 4. The summed E-state index contributed by atoms with van der Waals surface area (Å²) in [5.41, 5.74) is 0.578. The minimum atomic E-state index is -1.52. The van der Waals surface area contributed by atoms with Gasteiger partial charge in [0.15, 0.2) is 0 Å². The zero-order valence-corrected chi connectivity index (χ0v) is 23.1. The van der Waals surface area contributed by atoms with Crippen molar-refractivity contribution in [1.82, 2.24) is 19.9 Å². The van der Waals surface area contributed by atoms with Crippen molar-refractivity contribution in [3.05, 3.63) is 108 Å². The van der Waals surface area contributed by atoms with E-state index in [0.29, 0.717) is 0 Å². The number of carbonyl (C=O) groups excluding carboxylic acids is 2. The first-order chi connectivity index (χ1) is 18.2. The van der Waals surface area contributed by atoms with Gasteiger partial charge in [-0.15, -0.1) is 0 Å². The van der Waals surface area contributed by atoms with Gasteiger partial charge in [-0.2, -0.15) is 0 Å². The first-order valence-corrected chi connectivity index (χ1v) is 10.6.